The standard InChI is InChI=1S/C11H12ClNO2/c1-2-3-8-4-10(12)5-9(11(8)15)6-13-7-14/h2,4-5,7,15H,1,3,6H2,(H,13,14). The van der Waals surface area contributed by atoms with Gasteiger partial charge in [0.05, 0.1) is 0 Å². The van der Waals surface area contributed by atoms with Gasteiger partial charge in [-0.25, -0.2) is 0 Å². The average Bonchev–Trinajstić information content (AvgIpc) is 2.21. The molecular weight excluding hydrogens is 214 g/mol. The maximum atomic E-state index is 10.1. The van der Waals surface area contributed by atoms with E-state index in [0.717, 1.165) is 0 Å². The van der Waals surface area contributed by atoms with Gasteiger partial charge in [0.15, 0.2) is 0 Å². The molecule has 0 heterocycles. The lowest BCUT2D eigenvalue weighted by Crippen LogP contribution is -2.10. The van der Waals surface area contributed by atoms with Crippen LogP contribution in [0.5, 0.6) is 5.75 Å². The molecule has 0 bridgehead atoms. The van der Waals surface area contributed by atoms with Crippen LogP contribution in [0.1, 0.15) is 11.1 Å². The number of carbonyl (C=O) groups excluding carboxylic acids is 1. The van der Waals surface area contributed by atoms with Crippen LogP contribution in [0.15, 0.2) is 24.8 Å². The summed E-state index contributed by atoms with van der Waals surface area (Å²) in [6, 6.07) is 3.31. The molecule has 0 radical (unpaired) electrons. The third-order valence-electron chi connectivity index (χ3n) is 1.97. The number of carbonyl (C=O) groups is 1. The number of hydrogen-bond acceptors (Lipinski definition) is 2. The van der Waals surface area contributed by atoms with Gasteiger partial charge in [-0.15, -0.1) is 6.58 Å². The van der Waals surface area contributed by atoms with Gasteiger partial charge in [0.2, 0.25) is 6.41 Å². The summed E-state index contributed by atoms with van der Waals surface area (Å²) >= 11 is 5.88. The molecule has 0 aliphatic rings. The predicted molar refractivity (Wildman–Crippen MR) is 59.9 cm³/mol. The highest BCUT2D eigenvalue weighted by Crippen LogP contribution is 2.27. The van der Waals surface area contributed by atoms with Crippen LogP contribution in [-0.4, -0.2) is 11.5 Å². The van der Waals surface area contributed by atoms with Gasteiger partial charge in [-0.3, -0.25) is 4.79 Å². The van der Waals surface area contributed by atoms with E-state index in [1.54, 1.807) is 18.2 Å². The van der Waals surface area contributed by atoms with E-state index in [2.05, 4.69) is 11.9 Å². The molecule has 0 fully saturated rings. The van der Waals surface area contributed by atoms with Crippen LogP contribution in [0.4, 0.5) is 0 Å². The summed E-state index contributed by atoms with van der Waals surface area (Å²) in [6.45, 7) is 3.86. The summed E-state index contributed by atoms with van der Waals surface area (Å²) < 4.78 is 0. The number of nitrogens with one attached hydrogen (secondary N) is 1. The molecule has 2 N–H and O–H groups in total. The molecule has 0 spiro atoms. The molecule has 1 amide bonds. The Hall–Kier alpha value is -1.48. The number of rotatable bonds is 5. The van der Waals surface area contributed by atoms with Crippen molar-refractivity contribution in [3.63, 3.8) is 0 Å². The van der Waals surface area contributed by atoms with Crippen molar-refractivity contribution >= 4 is 18.0 Å². The molecule has 4 heteroatoms. The molecule has 0 aromatic heterocycles. The molecule has 0 atom stereocenters. The number of allylic oxidation sites excluding steroid dienone is 1. The smallest absolute Gasteiger partial charge is 0.207 e. The Morgan fingerprint density at radius 1 is 1.47 bits per heavy atom. The minimum Gasteiger partial charge on any atom is -0.507 e. The zero-order valence-corrected chi connectivity index (χ0v) is 8.92. The van der Waals surface area contributed by atoms with Gasteiger partial charge in [0, 0.05) is 17.1 Å². The van der Waals surface area contributed by atoms with Crippen LogP contribution in [0.3, 0.4) is 0 Å². The van der Waals surface area contributed by atoms with Gasteiger partial charge < -0.3 is 10.4 Å². The maximum absolute atomic E-state index is 10.1. The second-order valence-corrected chi connectivity index (χ2v) is 3.50. The first-order valence-electron chi connectivity index (χ1n) is 4.47. The zero-order valence-electron chi connectivity index (χ0n) is 8.16. The van der Waals surface area contributed by atoms with Crippen LogP contribution in [-0.2, 0) is 17.8 Å². The lowest BCUT2D eigenvalue weighted by Gasteiger charge is -2.09. The van der Waals surface area contributed by atoms with E-state index in [9.17, 15) is 9.90 Å². The molecule has 1 rings (SSSR count). The van der Waals surface area contributed by atoms with Crippen molar-refractivity contribution in [3.05, 3.63) is 40.9 Å². The number of phenols is 1. The summed E-state index contributed by atoms with van der Waals surface area (Å²) in [5.74, 6) is 0.161. The van der Waals surface area contributed by atoms with Crippen LogP contribution in [0.2, 0.25) is 5.02 Å². The summed E-state index contributed by atoms with van der Waals surface area (Å²) in [7, 11) is 0. The monoisotopic (exact) mass is 225 g/mol. The van der Waals surface area contributed by atoms with Gasteiger partial charge in [0.1, 0.15) is 5.75 Å². The molecule has 0 aliphatic carbocycles. The van der Waals surface area contributed by atoms with Crippen LogP contribution in [0.25, 0.3) is 0 Å². The molecular formula is C11H12ClNO2. The number of halogens is 1. The molecule has 0 saturated carbocycles. The number of hydrogen-bond donors (Lipinski definition) is 2. The van der Waals surface area contributed by atoms with Crippen LogP contribution in [0, 0.1) is 0 Å². The van der Waals surface area contributed by atoms with E-state index in [-0.39, 0.29) is 12.3 Å². The van der Waals surface area contributed by atoms with Gasteiger partial charge >= 0.3 is 0 Å². The van der Waals surface area contributed by atoms with Crippen molar-refractivity contribution in [1.29, 1.82) is 0 Å². The minimum atomic E-state index is 0.161. The quantitative estimate of drug-likeness (QED) is 0.595. The fourth-order valence-corrected chi connectivity index (χ4v) is 1.58. The molecule has 0 aliphatic heterocycles. The maximum Gasteiger partial charge on any atom is 0.207 e. The number of amides is 1. The summed E-state index contributed by atoms with van der Waals surface area (Å²) in [5.41, 5.74) is 1.31. The SMILES string of the molecule is C=CCc1cc(Cl)cc(CNC=O)c1O. The highest BCUT2D eigenvalue weighted by molar-refractivity contribution is 6.30. The van der Waals surface area contributed by atoms with Crippen molar-refractivity contribution in [2.24, 2.45) is 0 Å². The first-order valence-corrected chi connectivity index (χ1v) is 4.85. The molecule has 15 heavy (non-hydrogen) atoms. The molecule has 3 nitrogen and oxygen atoms in total. The van der Waals surface area contributed by atoms with Crippen LogP contribution >= 0.6 is 11.6 Å². The lowest BCUT2D eigenvalue weighted by molar-refractivity contribution is -0.109. The van der Waals surface area contributed by atoms with E-state index in [1.807, 2.05) is 0 Å². The Kier molecular flexibility index (Phi) is 4.18. The zero-order chi connectivity index (χ0) is 11.3. The van der Waals surface area contributed by atoms with Crippen molar-refractivity contribution in [1.82, 2.24) is 5.32 Å². The van der Waals surface area contributed by atoms with Gasteiger partial charge in [-0.1, -0.05) is 17.7 Å². The number of phenolic OH excluding ortho intramolecular Hbond substituents is 1. The second-order valence-electron chi connectivity index (χ2n) is 3.06. The summed E-state index contributed by atoms with van der Waals surface area (Å²) in [4.78, 5) is 10.1. The Balaban J connectivity index is 3.03. The third-order valence-corrected chi connectivity index (χ3v) is 2.19. The summed E-state index contributed by atoms with van der Waals surface area (Å²) in [6.07, 6.45) is 2.80. The minimum absolute atomic E-state index is 0.161. The fourth-order valence-electron chi connectivity index (χ4n) is 1.31. The van der Waals surface area contributed by atoms with E-state index in [4.69, 9.17) is 11.6 Å². The first-order chi connectivity index (χ1) is 7.19. The average molecular weight is 226 g/mol. The first kappa shape index (κ1) is 11.6. The van der Waals surface area contributed by atoms with E-state index >= 15 is 0 Å². The molecule has 1 aromatic carbocycles. The van der Waals surface area contributed by atoms with Crippen molar-refractivity contribution < 1.29 is 9.90 Å². The largest absolute Gasteiger partial charge is 0.507 e. The van der Waals surface area contributed by atoms with Gasteiger partial charge in [0.25, 0.3) is 0 Å². The highest BCUT2D eigenvalue weighted by Gasteiger charge is 2.07. The Morgan fingerprint density at radius 3 is 2.73 bits per heavy atom. The van der Waals surface area contributed by atoms with Crippen LogP contribution < -0.4 is 5.32 Å². The second kappa shape index (κ2) is 5.41. The van der Waals surface area contributed by atoms with Gasteiger partial charge in [-0.2, -0.15) is 0 Å². The summed E-state index contributed by atoms with van der Waals surface area (Å²) in [5, 5.41) is 12.8. The Bertz CT molecular complexity index is 377. The predicted octanol–water partition coefficient (Wildman–Crippen LogP) is 2.02. The highest BCUT2D eigenvalue weighted by atomic mass is 35.5. The normalized spacial score (nSPS) is 9.67. The fraction of sp³-hybridized carbons (Fsp3) is 0.182. The lowest BCUT2D eigenvalue weighted by atomic mass is 10.1. The third kappa shape index (κ3) is 2.99. The molecule has 80 valence electrons. The van der Waals surface area contributed by atoms with Crippen molar-refractivity contribution in [3.8, 4) is 5.75 Å². The Labute approximate surface area is 93.4 Å². The van der Waals surface area contributed by atoms with Crippen molar-refractivity contribution in [2.45, 2.75) is 13.0 Å². The molecule has 1 aromatic rings. The van der Waals surface area contributed by atoms with E-state index in [0.29, 0.717) is 29.0 Å². The number of aromatic hydroxyl groups is 1. The molecule has 0 unspecified atom stereocenters. The van der Waals surface area contributed by atoms with Crippen molar-refractivity contribution in [2.75, 3.05) is 0 Å². The molecule has 0 saturated heterocycles. The topological polar surface area (TPSA) is 49.3 Å². The van der Waals surface area contributed by atoms with Gasteiger partial charge in [-0.05, 0) is 24.1 Å². The number of benzene rings is 1. The Morgan fingerprint density at radius 2 is 2.13 bits per heavy atom. The van der Waals surface area contributed by atoms with E-state index < -0.39 is 0 Å². The van der Waals surface area contributed by atoms with E-state index in [1.165, 1.54) is 0 Å².